The molecule has 46 valence electrons. The minimum absolute atomic E-state index is 0.547. The maximum absolute atomic E-state index is 5.46. The lowest BCUT2D eigenvalue weighted by Gasteiger charge is -1.80. The summed E-state index contributed by atoms with van der Waals surface area (Å²) in [6, 6.07) is 0. The van der Waals surface area contributed by atoms with Gasteiger partial charge in [0.05, 0.1) is 17.8 Å². The van der Waals surface area contributed by atoms with Crippen molar-refractivity contribution < 1.29 is 0 Å². The number of hydrogen-bond donors (Lipinski definition) is 2. The molecule has 0 aliphatic carbocycles. The Morgan fingerprint density at radius 2 is 2.56 bits per heavy atom. The van der Waals surface area contributed by atoms with E-state index < -0.39 is 0 Å². The van der Waals surface area contributed by atoms with Gasteiger partial charge in [-0.2, -0.15) is 5.10 Å². The molecule has 0 unspecified atom stereocenters. The summed E-state index contributed by atoms with van der Waals surface area (Å²) in [5, 5.41) is 6.59. The predicted octanol–water partition coefficient (Wildman–Crippen LogP) is -0.0756. The molecule has 4 heteroatoms. The molecule has 1 aromatic rings. The number of rotatable bonds is 0. The highest BCUT2D eigenvalue weighted by molar-refractivity contribution is 5.89. The highest BCUT2D eigenvalue weighted by Gasteiger charge is 2.11. The maximum atomic E-state index is 5.46. The van der Waals surface area contributed by atoms with Gasteiger partial charge in [-0.05, 0) is 0 Å². The topological polar surface area (TPSA) is 67.1 Å². The summed E-state index contributed by atoms with van der Waals surface area (Å²) in [7, 11) is 0. The largest absolute Gasteiger partial charge is 0.382 e. The molecule has 2 heterocycles. The summed E-state index contributed by atoms with van der Waals surface area (Å²) < 4.78 is 0. The Kier molecular flexibility index (Phi) is 0.677. The summed E-state index contributed by atoms with van der Waals surface area (Å²) in [5.74, 6) is 0.547. The standard InChI is InChI=1S/C5H6N4/c6-5-3-1-7-2-4(3)8-9-5/h1H,2H2,(H3,6,8,9). The summed E-state index contributed by atoms with van der Waals surface area (Å²) in [4.78, 5) is 4.00. The Hall–Kier alpha value is -1.32. The van der Waals surface area contributed by atoms with Crippen LogP contribution in [0.3, 0.4) is 0 Å². The normalized spacial score (nSPS) is 14.2. The highest BCUT2D eigenvalue weighted by Crippen LogP contribution is 2.15. The summed E-state index contributed by atoms with van der Waals surface area (Å²) in [6.45, 7) is 0.694. The Morgan fingerprint density at radius 1 is 1.67 bits per heavy atom. The number of fused-ring (bicyclic) bond motifs is 1. The predicted molar refractivity (Wildman–Crippen MR) is 34.3 cm³/mol. The molecule has 1 aromatic heterocycles. The molecular weight excluding hydrogens is 116 g/mol. The van der Waals surface area contributed by atoms with Crippen LogP contribution in [0.5, 0.6) is 0 Å². The van der Waals surface area contributed by atoms with E-state index in [1.54, 1.807) is 6.21 Å². The van der Waals surface area contributed by atoms with Gasteiger partial charge in [0.15, 0.2) is 5.82 Å². The molecule has 0 amide bonds. The van der Waals surface area contributed by atoms with Crippen LogP contribution in [0.4, 0.5) is 5.82 Å². The van der Waals surface area contributed by atoms with E-state index in [2.05, 4.69) is 15.2 Å². The Balaban J connectivity index is 2.67. The van der Waals surface area contributed by atoms with E-state index in [0.29, 0.717) is 12.4 Å². The van der Waals surface area contributed by atoms with Crippen molar-refractivity contribution in [3.05, 3.63) is 11.3 Å². The van der Waals surface area contributed by atoms with Crippen molar-refractivity contribution in [2.45, 2.75) is 6.54 Å². The van der Waals surface area contributed by atoms with Crippen LogP contribution in [0.15, 0.2) is 4.99 Å². The molecule has 0 radical (unpaired) electrons. The highest BCUT2D eigenvalue weighted by atomic mass is 15.2. The van der Waals surface area contributed by atoms with Gasteiger partial charge in [-0.15, -0.1) is 0 Å². The SMILES string of the molecule is Nc1n[nH]c2c1C=NC2. The molecular formula is C5H6N4. The molecule has 1 aliphatic heterocycles. The van der Waals surface area contributed by atoms with Crippen molar-refractivity contribution in [1.82, 2.24) is 10.2 Å². The zero-order valence-electron chi connectivity index (χ0n) is 4.76. The van der Waals surface area contributed by atoms with E-state index in [4.69, 9.17) is 5.73 Å². The number of nitrogen functional groups attached to an aromatic ring is 1. The third-order valence-corrected chi connectivity index (χ3v) is 1.38. The van der Waals surface area contributed by atoms with Crippen LogP contribution in [0.1, 0.15) is 11.3 Å². The van der Waals surface area contributed by atoms with Crippen LogP contribution in [-0.4, -0.2) is 16.4 Å². The van der Waals surface area contributed by atoms with Crippen molar-refractivity contribution in [2.24, 2.45) is 4.99 Å². The van der Waals surface area contributed by atoms with E-state index in [1.807, 2.05) is 0 Å². The Labute approximate surface area is 51.8 Å². The number of nitrogens with zero attached hydrogens (tertiary/aromatic N) is 2. The van der Waals surface area contributed by atoms with E-state index >= 15 is 0 Å². The third kappa shape index (κ3) is 0.468. The fourth-order valence-corrected chi connectivity index (χ4v) is 0.896. The number of H-pyrrole nitrogens is 1. The van der Waals surface area contributed by atoms with Gasteiger partial charge in [0.2, 0.25) is 0 Å². The minimum Gasteiger partial charge on any atom is -0.382 e. The van der Waals surface area contributed by atoms with Crippen molar-refractivity contribution in [3.63, 3.8) is 0 Å². The molecule has 0 spiro atoms. The van der Waals surface area contributed by atoms with Gasteiger partial charge in [-0.1, -0.05) is 0 Å². The number of aromatic amines is 1. The Bertz CT molecular complexity index is 260. The number of anilines is 1. The number of nitrogens with one attached hydrogen (secondary N) is 1. The van der Waals surface area contributed by atoms with Crippen molar-refractivity contribution in [2.75, 3.05) is 5.73 Å². The second-order valence-corrected chi connectivity index (χ2v) is 1.97. The van der Waals surface area contributed by atoms with Crippen molar-refractivity contribution in [1.29, 1.82) is 0 Å². The van der Waals surface area contributed by atoms with Crippen molar-refractivity contribution >= 4 is 12.0 Å². The van der Waals surface area contributed by atoms with Gasteiger partial charge in [0.25, 0.3) is 0 Å². The van der Waals surface area contributed by atoms with Gasteiger partial charge >= 0.3 is 0 Å². The lowest BCUT2D eigenvalue weighted by molar-refractivity contribution is 0.965. The van der Waals surface area contributed by atoms with E-state index in [-0.39, 0.29) is 0 Å². The van der Waals surface area contributed by atoms with Crippen molar-refractivity contribution in [3.8, 4) is 0 Å². The quantitative estimate of drug-likeness (QED) is 0.505. The van der Waals surface area contributed by atoms with Crippen LogP contribution in [0, 0.1) is 0 Å². The lowest BCUT2D eigenvalue weighted by atomic mass is 10.3. The average Bonchev–Trinajstić information content (AvgIpc) is 2.35. The Morgan fingerprint density at radius 3 is 3.33 bits per heavy atom. The number of aromatic nitrogens is 2. The molecule has 0 fully saturated rings. The zero-order valence-corrected chi connectivity index (χ0v) is 4.76. The van der Waals surface area contributed by atoms with Crippen LogP contribution < -0.4 is 5.73 Å². The van der Waals surface area contributed by atoms with E-state index in [9.17, 15) is 0 Å². The summed E-state index contributed by atoms with van der Waals surface area (Å²) in [5.41, 5.74) is 7.43. The molecule has 0 atom stereocenters. The number of aliphatic imine (C=N–C) groups is 1. The second kappa shape index (κ2) is 1.34. The summed E-state index contributed by atoms with van der Waals surface area (Å²) in [6.07, 6.45) is 1.74. The van der Waals surface area contributed by atoms with Crippen LogP contribution in [0.2, 0.25) is 0 Å². The van der Waals surface area contributed by atoms with Crippen LogP contribution >= 0.6 is 0 Å². The molecule has 4 nitrogen and oxygen atoms in total. The first-order valence-electron chi connectivity index (χ1n) is 2.70. The van der Waals surface area contributed by atoms with E-state index in [1.165, 1.54) is 0 Å². The monoisotopic (exact) mass is 122 g/mol. The van der Waals surface area contributed by atoms with Crippen LogP contribution in [-0.2, 0) is 6.54 Å². The fraction of sp³-hybridized carbons (Fsp3) is 0.200. The third-order valence-electron chi connectivity index (χ3n) is 1.38. The van der Waals surface area contributed by atoms with E-state index in [0.717, 1.165) is 11.3 Å². The van der Waals surface area contributed by atoms with Gasteiger partial charge < -0.3 is 5.73 Å². The minimum atomic E-state index is 0.547. The van der Waals surface area contributed by atoms with Gasteiger partial charge in [-0.3, -0.25) is 10.1 Å². The smallest absolute Gasteiger partial charge is 0.154 e. The maximum Gasteiger partial charge on any atom is 0.154 e. The molecule has 0 saturated carbocycles. The first-order chi connectivity index (χ1) is 4.38. The fourth-order valence-electron chi connectivity index (χ4n) is 0.896. The molecule has 0 aromatic carbocycles. The van der Waals surface area contributed by atoms with Gasteiger partial charge in [0, 0.05) is 6.21 Å². The first-order valence-corrected chi connectivity index (χ1v) is 2.70. The molecule has 0 saturated heterocycles. The summed E-state index contributed by atoms with van der Waals surface area (Å²) >= 11 is 0. The molecule has 9 heavy (non-hydrogen) atoms. The van der Waals surface area contributed by atoms with Gasteiger partial charge in [-0.25, -0.2) is 0 Å². The molecule has 1 aliphatic rings. The molecule has 2 rings (SSSR count). The van der Waals surface area contributed by atoms with Gasteiger partial charge in [0.1, 0.15) is 0 Å². The molecule has 0 bridgehead atoms. The number of hydrogen-bond acceptors (Lipinski definition) is 3. The zero-order chi connectivity index (χ0) is 6.27. The lowest BCUT2D eigenvalue weighted by Crippen LogP contribution is -1.88. The second-order valence-electron chi connectivity index (χ2n) is 1.97. The molecule has 3 N–H and O–H groups in total. The first kappa shape index (κ1) is 4.55. The van der Waals surface area contributed by atoms with Crippen LogP contribution in [0.25, 0.3) is 0 Å². The number of nitrogens with two attached hydrogens (primary N) is 1. The average molecular weight is 122 g/mol.